The van der Waals surface area contributed by atoms with E-state index in [2.05, 4.69) is 34.1 Å². The van der Waals surface area contributed by atoms with Gasteiger partial charge in [-0.1, -0.05) is 44.2 Å². The number of carbonyl (C=O) groups is 1. The lowest BCUT2D eigenvalue weighted by Gasteiger charge is -2.34. The molecule has 6 nitrogen and oxygen atoms in total. The lowest BCUT2D eigenvalue weighted by atomic mass is 10.1. The quantitative estimate of drug-likeness (QED) is 0.525. The zero-order valence-electron chi connectivity index (χ0n) is 20.1. The van der Waals surface area contributed by atoms with Gasteiger partial charge in [0.2, 0.25) is 0 Å². The van der Waals surface area contributed by atoms with Crippen molar-refractivity contribution in [3.8, 4) is 5.69 Å². The number of nitrogens with zero attached hydrogens (tertiary/aromatic N) is 4. The van der Waals surface area contributed by atoms with Gasteiger partial charge >= 0.3 is 0 Å². The topological polar surface area (TPSA) is 53.4 Å². The van der Waals surface area contributed by atoms with Crippen LogP contribution in [0.15, 0.2) is 60.7 Å². The summed E-state index contributed by atoms with van der Waals surface area (Å²) >= 11 is 0. The molecule has 180 valence electrons. The maximum Gasteiger partial charge on any atom is 0.271 e. The maximum absolute atomic E-state index is 13.1. The van der Waals surface area contributed by atoms with Gasteiger partial charge in [0.15, 0.2) is 5.69 Å². The molecule has 0 unspecified atom stereocenters. The molecule has 0 atom stereocenters. The number of aromatic nitrogens is 2. The van der Waals surface area contributed by atoms with Gasteiger partial charge in [0.25, 0.3) is 5.91 Å². The number of benzene rings is 2. The molecule has 1 saturated heterocycles. The Morgan fingerprint density at radius 1 is 1.00 bits per heavy atom. The molecule has 1 aromatic heterocycles. The Hall–Kier alpha value is -3.03. The lowest BCUT2D eigenvalue weighted by Crippen LogP contribution is -2.48. The Labute approximate surface area is 201 Å². The number of hydrogen-bond acceptors (Lipinski definition) is 4. The van der Waals surface area contributed by atoms with Gasteiger partial charge in [-0.25, -0.2) is 9.07 Å². The Balaban J connectivity index is 1.26. The Morgan fingerprint density at radius 2 is 1.68 bits per heavy atom. The van der Waals surface area contributed by atoms with E-state index in [4.69, 9.17) is 0 Å². The molecule has 2 heterocycles. The van der Waals surface area contributed by atoms with Crippen LogP contribution in [0.3, 0.4) is 0 Å². The van der Waals surface area contributed by atoms with Crippen molar-refractivity contribution >= 4 is 5.91 Å². The van der Waals surface area contributed by atoms with Gasteiger partial charge in [0, 0.05) is 51.5 Å². The first kappa shape index (κ1) is 24.1. The molecule has 2 aromatic carbocycles. The van der Waals surface area contributed by atoms with E-state index < -0.39 is 0 Å². The van der Waals surface area contributed by atoms with Gasteiger partial charge in [0.05, 0.1) is 5.69 Å². The zero-order chi connectivity index (χ0) is 23.9. The van der Waals surface area contributed by atoms with Crippen molar-refractivity contribution in [3.05, 3.63) is 83.4 Å². The van der Waals surface area contributed by atoms with E-state index in [1.165, 1.54) is 12.1 Å². The van der Waals surface area contributed by atoms with E-state index in [1.54, 1.807) is 0 Å². The second-order valence-electron chi connectivity index (χ2n) is 9.37. The van der Waals surface area contributed by atoms with E-state index in [1.807, 2.05) is 53.2 Å². The summed E-state index contributed by atoms with van der Waals surface area (Å²) in [5, 5.41) is 7.66. The minimum absolute atomic E-state index is 0.130. The van der Waals surface area contributed by atoms with Crippen LogP contribution >= 0.6 is 0 Å². The molecule has 0 bridgehead atoms. The van der Waals surface area contributed by atoms with Crippen molar-refractivity contribution < 1.29 is 9.18 Å². The van der Waals surface area contributed by atoms with E-state index in [0.29, 0.717) is 18.2 Å². The summed E-state index contributed by atoms with van der Waals surface area (Å²) in [7, 11) is 0. The molecular formula is C27H34FN5O. The highest BCUT2D eigenvalue weighted by Crippen LogP contribution is 2.16. The number of carbonyl (C=O) groups excluding carboxylic acids is 1. The van der Waals surface area contributed by atoms with Crippen molar-refractivity contribution in [1.29, 1.82) is 0 Å². The summed E-state index contributed by atoms with van der Waals surface area (Å²) in [6, 6.07) is 18.6. The molecular weight excluding hydrogens is 429 g/mol. The molecule has 4 rings (SSSR count). The third-order valence-electron chi connectivity index (χ3n) is 6.13. The molecule has 7 heteroatoms. The third kappa shape index (κ3) is 6.52. The highest BCUT2D eigenvalue weighted by molar-refractivity contribution is 5.92. The van der Waals surface area contributed by atoms with Crippen molar-refractivity contribution in [2.24, 2.45) is 5.92 Å². The smallest absolute Gasteiger partial charge is 0.271 e. The average molecular weight is 464 g/mol. The van der Waals surface area contributed by atoms with Gasteiger partial charge in [-0.3, -0.25) is 14.6 Å². The van der Waals surface area contributed by atoms with Crippen LogP contribution in [0, 0.1) is 11.7 Å². The highest BCUT2D eigenvalue weighted by atomic mass is 19.1. The van der Waals surface area contributed by atoms with E-state index in [0.717, 1.165) is 62.6 Å². The van der Waals surface area contributed by atoms with Gasteiger partial charge in [-0.15, -0.1) is 0 Å². The van der Waals surface area contributed by atoms with Crippen LogP contribution < -0.4 is 5.32 Å². The summed E-state index contributed by atoms with van der Waals surface area (Å²) < 4.78 is 15.0. The summed E-state index contributed by atoms with van der Waals surface area (Å²) in [6.07, 6.45) is 0.859. The van der Waals surface area contributed by atoms with Gasteiger partial charge in [0.1, 0.15) is 5.82 Å². The van der Waals surface area contributed by atoms with Crippen LogP contribution in [0.5, 0.6) is 0 Å². The highest BCUT2D eigenvalue weighted by Gasteiger charge is 2.19. The summed E-state index contributed by atoms with van der Waals surface area (Å²) in [4.78, 5) is 17.6. The maximum atomic E-state index is 13.1. The molecule has 3 aromatic rings. The molecule has 0 saturated carbocycles. The Morgan fingerprint density at radius 3 is 2.35 bits per heavy atom. The molecule has 0 radical (unpaired) electrons. The number of rotatable bonds is 9. The molecule has 0 spiro atoms. The number of halogens is 1. The van der Waals surface area contributed by atoms with Crippen molar-refractivity contribution in [2.45, 2.75) is 26.8 Å². The van der Waals surface area contributed by atoms with E-state index in [9.17, 15) is 9.18 Å². The van der Waals surface area contributed by atoms with Crippen LogP contribution in [-0.4, -0.2) is 64.8 Å². The van der Waals surface area contributed by atoms with Crippen molar-refractivity contribution in [3.63, 3.8) is 0 Å². The third-order valence-corrected chi connectivity index (χ3v) is 6.13. The molecule has 1 aliphatic heterocycles. The minimum Gasteiger partial charge on any atom is -0.349 e. The first-order valence-electron chi connectivity index (χ1n) is 12.1. The van der Waals surface area contributed by atoms with Crippen molar-refractivity contribution in [1.82, 2.24) is 24.9 Å². The first-order valence-corrected chi connectivity index (χ1v) is 12.1. The van der Waals surface area contributed by atoms with Crippen LogP contribution in [-0.2, 0) is 13.0 Å². The van der Waals surface area contributed by atoms with E-state index >= 15 is 0 Å². The summed E-state index contributed by atoms with van der Waals surface area (Å²) in [5.41, 5.74) is 3.61. The molecule has 0 aliphatic carbocycles. The SMILES string of the molecule is CC(C)Cc1cc(C(=O)NCCN2CCN(Cc3ccc(F)cc3)CC2)nn1-c1ccccc1. The van der Waals surface area contributed by atoms with Crippen molar-refractivity contribution in [2.75, 3.05) is 39.3 Å². The lowest BCUT2D eigenvalue weighted by molar-refractivity contribution is 0.0929. The number of para-hydroxylation sites is 1. The Kier molecular flexibility index (Phi) is 8.08. The fraction of sp³-hybridized carbons (Fsp3) is 0.407. The number of hydrogen-bond donors (Lipinski definition) is 1. The van der Waals surface area contributed by atoms with E-state index in [-0.39, 0.29) is 11.7 Å². The zero-order valence-corrected chi connectivity index (χ0v) is 20.1. The largest absolute Gasteiger partial charge is 0.349 e. The van der Waals surface area contributed by atoms with Crippen LogP contribution in [0.4, 0.5) is 4.39 Å². The normalized spacial score (nSPS) is 15.1. The van der Waals surface area contributed by atoms with Crippen LogP contribution in [0.1, 0.15) is 35.6 Å². The van der Waals surface area contributed by atoms with Crippen LogP contribution in [0.25, 0.3) is 5.69 Å². The molecule has 1 amide bonds. The summed E-state index contributed by atoms with van der Waals surface area (Å²) in [6.45, 7) is 10.4. The van der Waals surface area contributed by atoms with Gasteiger partial charge < -0.3 is 5.32 Å². The molecule has 1 fully saturated rings. The predicted octanol–water partition coefficient (Wildman–Crippen LogP) is 3.76. The number of amides is 1. The second-order valence-corrected chi connectivity index (χ2v) is 9.37. The summed E-state index contributed by atoms with van der Waals surface area (Å²) in [5.74, 6) is 0.144. The van der Waals surface area contributed by atoms with Gasteiger partial charge in [-0.2, -0.15) is 5.10 Å². The fourth-order valence-electron chi connectivity index (χ4n) is 4.32. The monoisotopic (exact) mass is 463 g/mol. The first-order chi connectivity index (χ1) is 16.5. The molecule has 1 aliphatic rings. The Bertz CT molecular complexity index is 1060. The second kappa shape index (κ2) is 11.4. The van der Waals surface area contributed by atoms with Gasteiger partial charge in [-0.05, 0) is 48.2 Å². The van der Waals surface area contributed by atoms with Crippen LogP contribution in [0.2, 0.25) is 0 Å². The molecule has 1 N–H and O–H groups in total. The average Bonchev–Trinajstić information content (AvgIpc) is 3.25. The predicted molar refractivity (Wildman–Crippen MR) is 133 cm³/mol. The number of piperazine rings is 1. The standard InChI is InChI=1S/C27H34FN5O/c1-21(2)18-25-19-26(30-33(25)24-6-4-3-5-7-24)27(34)29-12-13-31-14-16-32(17-15-31)20-22-8-10-23(28)11-9-22/h3-11,19,21H,12-18,20H2,1-2H3,(H,29,34). The number of nitrogens with one attached hydrogen (secondary N) is 1. The minimum atomic E-state index is -0.196. The fourth-order valence-corrected chi connectivity index (χ4v) is 4.32. The molecule has 34 heavy (non-hydrogen) atoms.